The quantitative estimate of drug-likeness (QED) is 0.552. The Morgan fingerprint density at radius 1 is 1.04 bits per heavy atom. The van der Waals surface area contributed by atoms with Gasteiger partial charge in [0.05, 0.1) is 16.6 Å². The van der Waals surface area contributed by atoms with Crippen molar-refractivity contribution in [1.29, 1.82) is 5.26 Å². The smallest absolute Gasteiger partial charge is 0.368 e. The van der Waals surface area contributed by atoms with Crippen LogP contribution in [0.25, 0.3) is 10.9 Å². The third-order valence-electron chi connectivity index (χ3n) is 3.78. The van der Waals surface area contributed by atoms with E-state index >= 15 is 0 Å². The minimum Gasteiger partial charge on any atom is -0.368 e. The van der Waals surface area contributed by atoms with Crippen LogP contribution in [0.3, 0.4) is 0 Å². The van der Waals surface area contributed by atoms with Crippen LogP contribution in [0, 0.1) is 23.2 Å². The molecule has 1 heterocycles. The van der Waals surface area contributed by atoms with E-state index in [-0.39, 0.29) is 11.1 Å². The van der Waals surface area contributed by atoms with E-state index in [1.54, 1.807) is 6.07 Å². The molecule has 0 radical (unpaired) electrons. The van der Waals surface area contributed by atoms with Crippen LogP contribution in [-0.4, -0.2) is 16.5 Å². The topological polar surface area (TPSA) is 61.6 Å². The summed E-state index contributed by atoms with van der Waals surface area (Å²) in [5.41, 5.74) is 0.150. The third-order valence-corrected chi connectivity index (χ3v) is 3.78. The van der Waals surface area contributed by atoms with E-state index in [4.69, 9.17) is 5.26 Å². The lowest BCUT2D eigenvalue weighted by Gasteiger charge is -2.07. The lowest BCUT2D eigenvalue weighted by molar-refractivity contribution is -0.137. The van der Waals surface area contributed by atoms with Gasteiger partial charge in [-0.2, -0.15) is 18.4 Å². The van der Waals surface area contributed by atoms with Crippen LogP contribution in [-0.2, 0) is 6.18 Å². The standard InChI is InChI=1S/C20H13F3N4/c21-20(22,23)16-9-8-14(15(11-16)12-24)5-3-4-10-25-19-17-6-1-2-7-18(17)26-13-27-19/h1-2,6-9,11,13H,4,10H2,(H,25,26,27). The molecule has 1 aromatic heterocycles. The van der Waals surface area contributed by atoms with Crippen molar-refractivity contribution in [3.63, 3.8) is 0 Å². The Bertz CT molecular complexity index is 1070. The highest BCUT2D eigenvalue weighted by atomic mass is 19.4. The van der Waals surface area contributed by atoms with Gasteiger partial charge in [0.1, 0.15) is 18.2 Å². The molecule has 1 N–H and O–H groups in total. The number of fused-ring (bicyclic) bond motifs is 1. The van der Waals surface area contributed by atoms with Crippen LogP contribution < -0.4 is 5.32 Å². The number of hydrogen-bond donors (Lipinski definition) is 1. The monoisotopic (exact) mass is 366 g/mol. The molecule has 2 aromatic carbocycles. The van der Waals surface area contributed by atoms with Crippen LogP contribution in [0.5, 0.6) is 0 Å². The fourth-order valence-electron chi connectivity index (χ4n) is 2.47. The number of nitrogens with one attached hydrogen (secondary N) is 1. The van der Waals surface area contributed by atoms with Crippen molar-refractivity contribution in [3.05, 3.63) is 65.5 Å². The normalized spacial score (nSPS) is 10.7. The molecular formula is C20H13F3N4. The van der Waals surface area contributed by atoms with Crippen LogP contribution >= 0.6 is 0 Å². The molecule has 0 amide bonds. The first-order valence-electron chi connectivity index (χ1n) is 8.03. The molecule has 0 spiro atoms. The molecule has 0 fully saturated rings. The fourth-order valence-corrected chi connectivity index (χ4v) is 2.47. The molecule has 7 heteroatoms. The minimum absolute atomic E-state index is 0.0907. The summed E-state index contributed by atoms with van der Waals surface area (Å²) in [7, 11) is 0. The summed E-state index contributed by atoms with van der Waals surface area (Å²) in [6.45, 7) is 0.497. The summed E-state index contributed by atoms with van der Waals surface area (Å²) in [4.78, 5) is 8.38. The van der Waals surface area contributed by atoms with E-state index in [1.165, 1.54) is 12.4 Å². The van der Waals surface area contributed by atoms with E-state index in [0.29, 0.717) is 18.8 Å². The average Bonchev–Trinajstić information content (AvgIpc) is 2.67. The number of nitrogens with zero attached hydrogens (tertiary/aromatic N) is 3. The predicted octanol–water partition coefficient (Wildman–Crippen LogP) is 4.37. The number of benzene rings is 2. The van der Waals surface area contributed by atoms with E-state index in [2.05, 4.69) is 27.1 Å². The molecule has 3 aromatic rings. The summed E-state index contributed by atoms with van der Waals surface area (Å²) >= 11 is 0. The number of nitriles is 1. The first-order chi connectivity index (χ1) is 13.0. The molecule has 0 unspecified atom stereocenters. The lowest BCUT2D eigenvalue weighted by atomic mass is 10.0. The minimum atomic E-state index is -4.48. The lowest BCUT2D eigenvalue weighted by Crippen LogP contribution is -2.05. The van der Waals surface area contributed by atoms with Crippen LogP contribution in [0.4, 0.5) is 19.0 Å². The Hall–Kier alpha value is -3.58. The number of rotatable bonds is 3. The molecule has 0 atom stereocenters. The summed E-state index contributed by atoms with van der Waals surface area (Å²) in [6, 6.07) is 12.3. The Labute approximate surface area is 153 Å². The Kier molecular flexibility index (Phi) is 5.23. The first-order valence-corrected chi connectivity index (χ1v) is 8.03. The van der Waals surface area contributed by atoms with E-state index < -0.39 is 11.7 Å². The predicted molar refractivity (Wildman–Crippen MR) is 95.7 cm³/mol. The summed E-state index contributed by atoms with van der Waals surface area (Å²) in [5, 5.41) is 13.1. The molecule has 0 aliphatic carbocycles. The van der Waals surface area contributed by atoms with E-state index in [9.17, 15) is 13.2 Å². The second-order valence-corrected chi connectivity index (χ2v) is 5.59. The van der Waals surface area contributed by atoms with Crippen molar-refractivity contribution < 1.29 is 13.2 Å². The highest BCUT2D eigenvalue weighted by Crippen LogP contribution is 2.30. The first kappa shape index (κ1) is 18.2. The molecule has 27 heavy (non-hydrogen) atoms. The Balaban J connectivity index is 1.67. The number of alkyl halides is 3. The van der Waals surface area contributed by atoms with Crippen molar-refractivity contribution >= 4 is 16.7 Å². The van der Waals surface area contributed by atoms with Gasteiger partial charge in [0.15, 0.2) is 0 Å². The zero-order valence-electron chi connectivity index (χ0n) is 14.0. The van der Waals surface area contributed by atoms with Crippen molar-refractivity contribution in [2.24, 2.45) is 0 Å². The molecule has 134 valence electrons. The Morgan fingerprint density at radius 3 is 2.63 bits per heavy atom. The largest absolute Gasteiger partial charge is 0.416 e. The zero-order chi connectivity index (χ0) is 19.3. The van der Waals surface area contributed by atoms with Gasteiger partial charge < -0.3 is 5.32 Å². The molecule has 0 aliphatic rings. The van der Waals surface area contributed by atoms with Gasteiger partial charge in [-0.25, -0.2) is 9.97 Å². The van der Waals surface area contributed by atoms with Crippen LogP contribution in [0.15, 0.2) is 48.8 Å². The maximum absolute atomic E-state index is 12.7. The van der Waals surface area contributed by atoms with E-state index in [0.717, 1.165) is 23.0 Å². The zero-order valence-corrected chi connectivity index (χ0v) is 14.0. The van der Waals surface area contributed by atoms with Crippen LogP contribution in [0.1, 0.15) is 23.1 Å². The van der Waals surface area contributed by atoms with Gasteiger partial charge in [0.2, 0.25) is 0 Å². The number of anilines is 1. The summed E-state index contributed by atoms with van der Waals surface area (Å²) in [6.07, 6.45) is -2.58. The molecule has 0 aliphatic heterocycles. The van der Waals surface area contributed by atoms with Crippen molar-refractivity contribution in [2.75, 3.05) is 11.9 Å². The molecule has 3 rings (SSSR count). The Morgan fingerprint density at radius 2 is 1.85 bits per heavy atom. The van der Waals surface area contributed by atoms with Crippen molar-refractivity contribution in [1.82, 2.24) is 9.97 Å². The molecule has 0 saturated carbocycles. The molecular weight excluding hydrogens is 353 g/mol. The maximum atomic E-state index is 12.7. The van der Waals surface area contributed by atoms with Gasteiger partial charge in [0, 0.05) is 23.9 Å². The van der Waals surface area contributed by atoms with Gasteiger partial charge >= 0.3 is 6.18 Å². The second-order valence-electron chi connectivity index (χ2n) is 5.59. The molecule has 0 saturated heterocycles. The van der Waals surface area contributed by atoms with Crippen LogP contribution in [0.2, 0.25) is 0 Å². The SMILES string of the molecule is N#Cc1cc(C(F)(F)F)ccc1C#CCCNc1ncnc2ccccc12. The highest BCUT2D eigenvalue weighted by Gasteiger charge is 2.30. The maximum Gasteiger partial charge on any atom is 0.416 e. The van der Waals surface area contributed by atoms with Gasteiger partial charge in [0.25, 0.3) is 0 Å². The van der Waals surface area contributed by atoms with Gasteiger partial charge in [-0.15, -0.1) is 0 Å². The number of hydrogen-bond acceptors (Lipinski definition) is 4. The molecule has 4 nitrogen and oxygen atoms in total. The highest BCUT2D eigenvalue weighted by molar-refractivity contribution is 5.88. The van der Waals surface area contributed by atoms with Gasteiger partial charge in [-0.1, -0.05) is 24.0 Å². The number of aromatic nitrogens is 2. The van der Waals surface area contributed by atoms with Crippen molar-refractivity contribution in [3.8, 4) is 17.9 Å². The third kappa shape index (κ3) is 4.34. The number of halogens is 3. The van der Waals surface area contributed by atoms with Gasteiger partial charge in [-0.05, 0) is 30.3 Å². The van der Waals surface area contributed by atoms with Crippen molar-refractivity contribution in [2.45, 2.75) is 12.6 Å². The van der Waals surface area contributed by atoms with E-state index in [1.807, 2.05) is 24.3 Å². The number of para-hydroxylation sites is 1. The summed E-state index contributed by atoms with van der Waals surface area (Å²) < 4.78 is 38.1. The molecule has 0 bridgehead atoms. The van der Waals surface area contributed by atoms with Gasteiger partial charge in [-0.3, -0.25) is 0 Å². The average molecular weight is 366 g/mol. The summed E-state index contributed by atoms with van der Waals surface area (Å²) in [5.74, 6) is 6.31. The fraction of sp³-hybridized carbons (Fsp3) is 0.150. The second kappa shape index (κ2) is 7.76.